The van der Waals surface area contributed by atoms with E-state index in [9.17, 15) is 9.18 Å². The van der Waals surface area contributed by atoms with Gasteiger partial charge in [0.1, 0.15) is 17.3 Å². The fourth-order valence-electron chi connectivity index (χ4n) is 2.55. The minimum atomic E-state index is -0.671. The molecule has 1 N–H and O–H groups in total. The van der Waals surface area contributed by atoms with Crippen molar-refractivity contribution < 1.29 is 18.7 Å². The van der Waals surface area contributed by atoms with Gasteiger partial charge in [-0.1, -0.05) is 18.2 Å². The summed E-state index contributed by atoms with van der Waals surface area (Å²) in [7, 11) is 0. The maximum absolute atomic E-state index is 12.9. The van der Waals surface area contributed by atoms with Gasteiger partial charge in [0.2, 0.25) is 0 Å². The van der Waals surface area contributed by atoms with Gasteiger partial charge in [0.05, 0.1) is 12.6 Å². The standard InChI is InChI=1S/C18H18FNO3/c1-12(23-14-8-6-13(19)7-9-14)18(21)20-16-10-11-22-17-5-3-2-4-15(16)17/h2-9,12,16H,10-11H2,1H3,(H,20,21)/t12-,16+/m0/s1. The van der Waals surface area contributed by atoms with Crippen molar-refractivity contribution >= 4 is 5.91 Å². The van der Waals surface area contributed by atoms with Crippen LogP contribution < -0.4 is 14.8 Å². The number of hydrogen-bond acceptors (Lipinski definition) is 3. The maximum Gasteiger partial charge on any atom is 0.261 e. The Balaban J connectivity index is 1.64. The summed E-state index contributed by atoms with van der Waals surface area (Å²) in [6.45, 7) is 2.24. The number of rotatable bonds is 4. The minimum Gasteiger partial charge on any atom is -0.493 e. The van der Waals surface area contributed by atoms with Gasteiger partial charge in [0.15, 0.2) is 6.10 Å². The molecule has 23 heavy (non-hydrogen) atoms. The summed E-state index contributed by atoms with van der Waals surface area (Å²) in [6, 6.07) is 13.2. The molecule has 3 rings (SSSR count). The molecular weight excluding hydrogens is 297 g/mol. The lowest BCUT2D eigenvalue weighted by atomic mass is 10.0. The molecule has 0 saturated heterocycles. The van der Waals surface area contributed by atoms with Crippen LogP contribution in [0, 0.1) is 5.82 Å². The van der Waals surface area contributed by atoms with Crippen molar-refractivity contribution in [3.05, 3.63) is 59.9 Å². The first-order valence-corrected chi connectivity index (χ1v) is 7.58. The number of amides is 1. The molecule has 1 aliphatic rings. The zero-order valence-electron chi connectivity index (χ0n) is 12.8. The van der Waals surface area contributed by atoms with Crippen LogP contribution in [-0.4, -0.2) is 18.6 Å². The molecule has 0 spiro atoms. The van der Waals surface area contributed by atoms with Gasteiger partial charge in [-0.2, -0.15) is 0 Å². The van der Waals surface area contributed by atoms with Crippen LogP contribution in [0.15, 0.2) is 48.5 Å². The van der Waals surface area contributed by atoms with Crippen molar-refractivity contribution in [1.29, 1.82) is 0 Å². The molecule has 0 aliphatic carbocycles. The predicted molar refractivity (Wildman–Crippen MR) is 83.9 cm³/mol. The molecule has 1 aliphatic heterocycles. The van der Waals surface area contributed by atoms with Crippen molar-refractivity contribution in [2.24, 2.45) is 0 Å². The molecule has 0 aromatic heterocycles. The van der Waals surface area contributed by atoms with E-state index in [0.29, 0.717) is 18.8 Å². The van der Waals surface area contributed by atoms with Crippen LogP contribution in [0.4, 0.5) is 4.39 Å². The predicted octanol–water partition coefficient (Wildman–Crippen LogP) is 3.23. The summed E-state index contributed by atoms with van der Waals surface area (Å²) in [5.41, 5.74) is 0.973. The lowest BCUT2D eigenvalue weighted by Crippen LogP contribution is -2.40. The lowest BCUT2D eigenvalue weighted by molar-refractivity contribution is -0.128. The van der Waals surface area contributed by atoms with Crippen LogP contribution in [-0.2, 0) is 4.79 Å². The molecule has 120 valence electrons. The molecule has 5 heteroatoms. The van der Waals surface area contributed by atoms with Crippen molar-refractivity contribution in [2.75, 3.05) is 6.61 Å². The number of nitrogens with one attached hydrogen (secondary N) is 1. The topological polar surface area (TPSA) is 47.6 Å². The molecule has 2 aromatic carbocycles. The number of benzene rings is 2. The fraction of sp³-hybridized carbons (Fsp3) is 0.278. The number of para-hydroxylation sites is 1. The molecule has 1 amide bonds. The Morgan fingerprint density at radius 1 is 1.26 bits per heavy atom. The highest BCUT2D eigenvalue weighted by molar-refractivity contribution is 5.81. The molecule has 0 bridgehead atoms. The Hall–Kier alpha value is -2.56. The number of fused-ring (bicyclic) bond motifs is 1. The third-order valence-electron chi connectivity index (χ3n) is 3.77. The Labute approximate surface area is 134 Å². The van der Waals surface area contributed by atoms with Gasteiger partial charge < -0.3 is 14.8 Å². The second-order valence-electron chi connectivity index (χ2n) is 5.45. The van der Waals surface area contributed by atoms with E-state index in [1.807, 2.05) is 24.3 Å². The van der Waals surface area contributed by atoms with Crippen LogP contribution >= 0.6 is 0 Å². The van der Waals surface area contributed by atoms with Gasteiger partial charge in [-0.15, -0.1) is 0 Å². The summed E-state index contributed by atoms with van der Waals surface area (Å²) in [5, 5.41) is 2.99. The smallest absolute Gasteiger partial charge is 0.261 e. The lowest BCUT2D eigenvalue weighted by Gasteiger charge is -2.27. The minimum absolute atomic E-state index is 0.0910. The van der Waals surface area contributed by atoms with E-state index in [0.717, 1.165) is 11.3 Å². The number of carbonyl (C=O) groups is 1. The van der Waals surface area contributed by atoms with Crippen LogP contribution in [0.3, 0.4) is 0 Å². The van der Waals surface area contributed by atoms with E-state index < -0.39 is 6.10 Å². The van der Waals surface area contributed by atoms with Gasteiger partial charge >= 0.3 is 0 Å². The van der Waals surface area contributed by atoms with Crippen LogP contribution in [0.1, 0.15) is 24.9 Å². The van der Waals surface area contributed by atoms with Crippen molar-refractivity contribution in [3.8, 4) is 11.5 Å². The highest BCUT2D eigenvalue weighted by Gasteiger charge is 2.25. The van der Waals surface area contributed by atoms with Crippen LogP contribution in [0.2, 0.25) is 0 Å². The second-order valence-corrected chi connectivity index (χ2v) is 5.45. The van der Waals surface area contributed by atoms with Gasteiger partial charge in [0, 0.05) is 12.0 Å². The van der Waals surface area contributed by atoms with Crippen molar-refractivity contribution in [2.45, 2.75) is 25.5 Å². The highest BCUT2D eigenvalue weighted by atomic mass is 19.1. The van der Waals surface area contributed by atoms with Crippen LogP contribution in [0.25, 0.3) is 0 Å². The second kappa shape index (κ2) is 6.69. The molecule has 4 nitrogen and oxygen atoms in total. The maximum atomic E-state index is 12.9. The monoisotopic (exact) mass is 315 g/mol. The van der Waals surface area contributed by atoms with Crippen LogP contribution in [0.5, 0.6) is 11.5 Å². The number of hydrogen-bond donors (Lipinski definition) is 1. The molecule has 2 atom stereocenters. The molecule has 0 fully saturated rings. The normalized spacial score (nSPS) is 17.6. The first-order chi connectivity index (χ1) is 11.1. The first kappa shape index (κ1) is 15.3. The van der Waals surface area contributed by atoms with Crippen molar-refractivity contribution in [1.82, 2.24) is 5.32 Å². The zero-order chi connectivity index (χ0) is 16.2. The summed E-state index contributed by atoms with van der Waals surface area (Å²) in [5.74, 6) is 0.710. The number of ether oxygens (including phenoxy) is 2. The van der Waals surface area contributed by atoms with E-state index in [2.05, 4.69) is 5.32 Å². The Morgan fingerprint density at radius 3 is 2.78 bits per heavy atom. The third-order valence-corrected chi connectivity index (χ3v) is 3.77. The van der Waals surface area contributed by atoms with Gasteiger partial charge in [0.25, 0.3) is 5.91 Å². The van der Waals surface area contributed by atoms with E-state index >= 15 is 0 Å². The summed E-state index contributed by atoms with van der Waals surface area (Å²) >= 11 is 0. The average molecular weight is 315 g/mol. The zero-order valence-corrected chi connectivity index (χ0v) is 12.8. The van der Waals surface area contributed by atoms with Crippen molar-refractivity contribution in [3.63, 3.8) is 0 Å². The Kier molecular flexibility index (Phi) is 4.46. The summed E-state index contributed by atoms with van der Waals surface area (Å²) in [6.07, 6.45) is 0.0434. The van der Waals surface area contributed by atoms with Gasteiger partial charge in [-0.25, -0.2) is 4.39 Å². The molecule has 1 heterocycles. The van der Waals surface area contributed by atoms with E-state index in [1.165, 1.54) is 24.3 Å². The highest BCUT2D eigenvalue weighted by Crippen LogP contribution is 2.31. The summed E-state index contributed by atoms with van der Waals surface area (Å²) < 4.78 is 24.0. The fourth-order valence-corrected chi connectivity index (χ4v) is 2.55. The Morgan fingerprint density at radius 2 is 2.00 bits per heavy atom. The third kappa shape index (κ3) is 3.62. The summed E-state index contributed by atoms with van der Waals surface area (Å²) in [4.78, 5) is 12.3. The number of carbonyl (C=O) groups excluding carboxylic acids is 1. The van der Waals surface area contributed by atoms with Gasteiger partial charge in [-0.3, -0.25) is 4.79 Å². The SMILES string of the molecule is C[C@H](Oc1ccc(F)cc1)C(=O)N[C@@H]1CCOc2ccccc21. The molecule has 0 unspecified atom stereocenters. The first-order valence-electron chi connectivity index (χ1n) is 7.58. The largest absolute Gasteiger partial charge is 0.493 e. The number of halogens is 1. The quantitative estimate of drug-likeness (QED) is 0.942. The molecule has 2 aromatic rings. The molecular formula is C18H18FNO3. The van der Waals surface area contributed by atoms with E-state index in [-0.39, 0.29) is 17.8 Å². The molecule has 0 radical (unpaired) electrons. The van der Waals surface area contributed by atoms with E-state index in [1.54, 1.807) is 6.92 Å². The Bertz CT molecular complexity index is 687. The molecule has 0 saturated carbocycles. The van der Waals surface area contributed by atoms with E-state index in [4.69, 9.17) is 9.47 Å². The average Bonchev–Trinajstić information content (AvgIpc) is 2.57. The van der Waals surface area contributed by atoms with Gasteiger partial charge in [-0.05, 0) is 37.3 Å².